The van der Waals surface area contributed by atoms with Gasteiger partial charge in [0.25, 0.3) is 0 Å². The zero-order chi connectivity index (χ0) is 17.6. The molecule has 1 N–H and O–H groups in total. The van der Waals surface area contributed by atoms with Gasteiger partial charge >= 0.3 is 0 Å². The van der Waals surface area contributed by atoms with E-state index in [2.05, 4.69) is 24.9 Å². The number of allylic oxidation sites excluding steroid dienone is 1. The lowest BCUT2D eigenvalue weighted by atomic mass is 10.1. The third kappa shape index (κ3) is 9.15. The zero-order valence-corrected chi connectivity index (χ0v) is 16.8. The van der Waals surface area contributed by atoms with Crippen molar-refractivity contribution in [2.45, 2.75) is 46.1 Å². The number of unbranched alkanes of at least 4 members (excludes halogenated alkanes) is 1. The maximum atomic E-state index is 5.75. The molecule has 0 aliphatic carbocycles. The number of benzene rings is 1. The van der Waals surface area contributed by atoms with Crippen LogP contribution >= 0.6 is 12.4 Å². The Morgan fingerprint density at radius 1 is 1.16 bits per heavy atom. The molecule has 1 aromatic rings. The molecule has 5 heteroatoms. The molecule has 0 aliphatic rings. The fourth-order valence-electron chi connectivity index (χ4n) is 2.47. The molecule has 25 heavy (non-hydrogen) atoms. The Hall–Kier alpha value is -1.23. The van der Waals surface area contributed by atoms with Crippen molar-refractivity contribution in [3.05, 3.63) is 35.9 Å². The number of nitrogens with one attached hydrogen (secondary N) is 1. The molecular weight excluding hydrogens is 338 g/mol. The van der Waals surface area contributed by atoms with E-state index >= 15 is 0 Å². The van der Waals surface area contributed by atoms with E-state index in [9.17, 15) is 0 Å². The van der Waals surface area contributed by atoms with Gasteiger partial charge < -0.3 is 19.5 Å². The van der Waals surface area contributed by atoms with Gasteiger partial charge in [-0.15, -0.1) is 19.0 Å². The lowest BCUT2D eigenvalue weighted by Gasteiger charge is -2.16. The normalized spacial score (nSPS) is 10.2. The van der Waals surface area contributed by atoms with Crippen LogP contribution < -0.4 is 14.8 Å². The first-order chi connectivity index (χ1) is 11.8. The first-order valence-electron chi connectivity index (χ1n) is 8.98. The fourth-order valence-corrected chi connectivity index (χ4v) is 2.47. The highest BCUT2D eigenvalue weighted by Crippen LogP contribution is 2.33. The number of methoxy groups -OCH3 is 1. The monoisotopic (exact) mass is 371 g/mol. The summed E-state index contributed by atoms with van der Waals surface area (Å²) < 4.78 is 16.8. The second-order valence-electron chi connectivity index (χ2n) is 5.71. The lowest BCUT2D eigenvalue weighted by molar-refractivity contribution is 0.129. The Balaban J connectivity index is 0.00000576. The standard InChI is InChI=1S/C20H33NO3.ClH/c1-5-8-12-23-13-9-11-21-16-17-14-18(10-6-2)20(24-7-3)19(15-17)22-4;/h6,14-15,21H,2,5,7-13,16H2,1,3-4H3;1H. The lowest BCUT2D eigenvalue weighted by Crippen LogP contribution is -2.17. The van der Waals surface area contributed by atoms with E-state index in [0.717, 1.165) is 62.6 Å². The van der Waals surface area contributed by atoms with Crippen LogP contribution in [0.15, 0.2) is 24.8 Å². The van der Waals surface area contributed by atoms with Crippen molar-refractivity contribution in [2.75, 3.05) is 33.5 Å². The third-order valence-corrected chi connectivity index (χ3v) is 3.68. The summed E-state index contributed by atoms with van der Waals surface area (Å²) in [6.45, 7) is 12.1. The first-order valence-corrected chi connectivity index (χ1v) is 8.98. The predicted molar refractivity (Wildman–Crippen MR) is 107 cm³/mol. The molecule has 1 rings (SSSR count). The fraction of sp³-hybridized carbons (Fsp3) is 0.600. The van der Waals surface area contributed by atoms with Crippen LogP contribution in [0.25, 0.3) is 0 Å². The van der Waals surface area contributed by atoms with Crippen LogP contribution in [-0.2, 0) is 17.7 Å². The quantitative estimate of drug-likeness (QED) is 0.385. The summed E-state index contributed by atoms with van der Waals surface area (Å²) in [6, 6.07) is 4.21. The molecule has 4 nitrogen and oxygen atoms in total. The van der Waals surface area contributed by atoms with Crippen molar-refractivity contribution in [1.29, 1.82) is 0 Å². The van der Waals surface area contributed by atoms with E-state index < -0.39 is 0 Å². The Morgan fingerprint density at radius 3 is 2.56 bits per heavy atom. The van der Waals surface area contributed by atoms with E-state index in [1.807, 2.05) is 19.1 Å². The number of halogens is 1. The number of ether oxygens (including phenoxy) is 3. The number of hydrogen-bond acceptors (Lipinski definition) is 4. The van der Waals surface area contributed by atoms with Crippen molar-refractivity contribution >= 4 is 12.4 Å². The largest absolute Gasteiger partial charge is 0.493 e. The van der Waals surface area contributed by atoms with Gasteiger partial charge in [-0.3, -0.25) is 0 Å². The summed E-state index contributed by atoms with van der Waals surface area (Å²) in [5, 5.41) is 3.46. The highest BCUT2D eigenvalue weighted by molar-refractivity contribution is 5.85. The van der Waals surface area contributed by atoms with Crippen molar-refractivity contribution in [2.24, 2.45) is 0 Å². The average molecular weight is 372 g/mol. The molecule has 0 radical (unpaired) electrons. The van der Waals surface area contributed by atoms with Crippen LogP contribution in [0.3, 0.4) is 0 Å². The topological polar surface area (TPSA) is 39.7 Å². The second-order valence-corrected chi connectivity index (χ2v) is 5.71. The molecule has 0 aromatic heterocycles. The minimum Gasteiger partial charge on any atom is -0.493 e. The van der Waals surface area contributed by atoms with E-state index in [1.165, 1.54) is 12.0 Å². The summed E-state index contributed by atoms with van der Waals surface area (Å²) >= 11 is 0. The van der Waals surface area contributed by atoms with Gasteiger partial charge in [-0.2, -0.15) is 0 Å². The van der Waals surface area contributed by atoms with Gasteiger partial charge in [-0.1, -0.05) is 25.5 Å². The summed E-state index contributed by atoms with van der Waals surface area (Å²) in [5.41, 5.74) is 2.31. The van der Waals surface area contributed by atoms with Crippen molar-refractivity contribution in [3.8, 4) is 11.5 Å². The Morgan fingerprint density at radius 2 is 1.92 bits per heavy atom. The SMILES string of the molecule is C=CCc1cc(CNCCCOCCCC)cc(OC)c1OCC.Cl. The molecule has 0 atom stereocenters. The molecule has 0 saturated heterocycles. The molecule has 0 amide bonds. The van der Waals surface area contributed by atoms with Gasteiger partial charge in [0.2, 0.25) is 0 Å². The molecule has 144 valence electrons. The van der Waals surface area contributed by atoms with Crippen molar-refractivity contribution < 1.29 is 14.2 Å². The van der Waals surface area contributed by atoms with Gasteiger partial charge in [0.1, 0.15) is 0 Å². The molecule has 0 unspecified atom stereocenters. The molecular formula is C20H34ClNO3. The van der Waals surface area contributed by atoms with E-state index in [-0.39, 0.29) is 12.4 Å². The summed E-state index contributed by atoms with van der Waals surface area (Å²) in [6.07, 6.45) is 6.01. The van der Waals surface area contributed by atoms with Crippen LogP contribution in [0.1, 0.15) is 44.2 Å². The van der Waals surface area contributed by atoms with E-state index in [1.54, 1.807) is 7.11 Å². The number of rotatable bonds is 14. The van der Waals surface area contributed by atoms with Crippen molar-refractivity contribution in [3.63, 3.8) is 0 Å². The highest BCUT2D eigenvalue weighted by atomic mass is 35.5. The summed E-state index contributed by atoms with van der Waals surface area (Å²) in [5.74, 6) is 1.61. The molecule has 1 aromatic carbocycles. The van der Waals surface area contributed by atoms with Gasteiger partial charge in [0, 0.05) is 25.3 Å². The highest BCUT2D eigenvalue weighted by Gasteiger charge is 2.12. The van der Waals surface area contributed by atoms with Crippen LogP contribution in [0.5, 0.6) is 11.5 Å². The first kappa shape index (κ1) is 23.8. The van der Waals surface area contributed by atoms with Gasteiger partial charge in [-0.25, -0.2) is 0 Å². The molecule has 0 saturated carbocycles. The van der Waals surface area contributed by atoms with Crippen LogP contribution in [0.2, 0.25) is 0 Å². The van der Waals surface area contributed by atoms with Crippen LogP contribution in [-0.4, -0.2) is 33.5 Å². The smallest absolute Gasteiger partial charge is 0.164 e. The van der Waals surface area contributed by atoms with Gasteiger partial charge in [0.15, 0.2) is 11.5 Å². The third-order valence-electron chi connectivity index (χ3n) is 3.68. The molecule has 0 bridgehead atoms. The Kier molecular flexibility index (Phi) is 14.3. The molecule has 0 spiro atoms. The van der Waals surface area contributed by atoms with Crippen LogP contribution in [0, 0.1) is 0 Å². The Labute approximate surface area is 159 Å². The predicted octanol–water partition coefficient (Wildman–Crippen LogP) is 4.54. The van der Waals surface area contributed by atoms with Crippen LogP contribution in [0.4, 0.5) is 0 Å². The van der Waals surface area contributed by atoms with E-state index in [4.69, 9.17) is 14.2 Å². The average Bonchev–Trinajstić information content (AvgIpc) is 2.59. The summed E-state index contributed by atoms with van der Waals surface area (Å²) in [4.78, 5) is 0. The molecule has 0 fully saturated rings. The second kappa shape index (κ2) is 15.1. The van der Waals surface area contributed by atoms with Crippen molar-refractivity contribution in [1.82, 2.24) is 5.32 Å². The zero-order valence-electron chi connectivity index (χ0n) is 15.9. The minimum absolute atomic E-state index is 0. The maximum Gasteiger partial charge on any atom is 0.164 e. The van der Waals surface area contributed by atoms with Gasteiger partial charge in [-0.05, 0) is 44.4 Å². The molecule has 0 aliphatic heterocycles. The number of hydrogen-bond donors (Lipinski definition) is 1. The minimum atomic E-state index is 0. The summed E-state index contributed by atoms with van der Waals surface area (Å²) in [7, 11) is 1.68. The van der Waals surface area contributed by atoms with E-state index in [0.29, 0.717) is 6.61 Å². The Bertz CT molecular complexity index is 480. The maximum absolute atomic E-state index is 5.75. The van der Waals surface area contributed by atoms with Gasteiger partial charge in [0.05, 0.1) is 13.7 Å². The molecule has 0 heterocycles.